The van der Waals surface area contributed by atoms with Crippen molar-refractivity contribution in [2.75, 3.05) is 17.7 Å². The normalized spacial score (nSPS) is 10.2. The van der Waals surface area contributed by atoms with Gasteiger partial charge < -0.3 is 15.8 Å². The molecule has 0 spiro atoms. The van der Waals surface area contributed by atoms with Crippen molar-refractivity contribution in [1.82, 2.24) is 0 Å². The standard InChI is InChI=1S/C16H20N2O/c1-3-12-8-5-6-9-13(12)18-14-10-7-11-15(16(14)17)19-4-2/h5-11,18H,3-4,17H2,1-2H3. The van der Waals surface area contributed by atoms with Gasteiger partial charge in [-0.1, -0.05) is 31.2 Å². The second kappa shape index (κ2) is 6.14. The van der Waals surface area contributed by atoms with Gasteiger partial charge in [-0.15, -0.1) is 0 Å². The zero-order valence-corrected chi connectivity index (χ0v) is 11.4. The lowest BCUT2D eigenvalue weighted by Gasteiger charge is -2.15. The highest BCUT2D eigenvalue weighted by Crippen LogP contribution is 2.32. The minimum atomic E-state index is 0.610. The number of para-hydroxylation sites is 2. The van der Waals surface area contributed by atoms with Crippen LogP contribution in [0.15, 0.2) is 42.5 Å². The average molecular weight is 256 g/mol. The maximum absolute atomic E-state index is 6.12. The molecule has 0 aliphatic heterocycles. The molecule has 0 saturated heterocycles. The summed E-state index contributed by atoms with van der Waals surface area (Å²) >= 11 is 0. The topological polar surface area (TPSA) is 47.3 Å². The number of benzene rings is 2. The van der Waals surface area contributed by atoms with Crippen LogP contribution < -0.4 is 15.8 Å². The molecule has 3 heteroatoms. The third-order valence-corrected chi connectivity index (χ3v) is 3.03. The number of ether oxygens (including phenoxy) is 1. The summed E-state index contributed by atoms with van der Waals surface area (Å²) in [6.45, 7) is 4.70. The van der Waals surface area contributed by atoms with E-state index < -0.39 is 0 Å². The third-order valence-electron chi connectivity index (χ3n) is 3.03. The van der Waals surface area contributed by atoms with Gasteiger partial charge in [-0.05, 0) is 37.1 Å². The van der Waals surface area contributed by atoms with Crippen LogP contribution in [0.1, 0.15) is 19.4 Å². The predicted octanol–water partition coefficient (Wildman–Crippen LogP) is 3.97. The Kier molecular flexibility index (Phi) is 4.29. The number of rotatable bonds is 5. The zero-order chi connectivity index (χ0) is 13.7. The fraction of sp³-hybridized carbons (Fsp3) is 0.250. The Labute approximate surface area is 114 Å². The van der Waals surface area contributed by atoms with E-state index in [4.69, 9.17) is 10.5 Å². The van der Waals surface area contributed by atoms with Gasteiger partial charge in [-0.25, -0.2) is 0 Å². The highest BCUT2D eigenvalue weighted by Gasteiger charge is 2.07. The van der Waals surface area contributed by atoms with Gasteiger partial charge in [0.15, 0.2) is 0 Å². The van der Waals surface area contributed by atoms with Gasteiger partial charge in [0.2, 0.25) is 0 Å². The summed E-state index contributed by atoms with van der Waals surface area (Å²) in [5.74, 6) is 0.724. The van der Waals surface area contributed by atoms with Crippen molar-refractivity contribution in [3.8, 4) is 5.75 Å². The molecule has 2 rings (SSSR count). The summed E-state index contributed by atoms with van der Waals surface area (Å²) in [6, 6.07) is 14.0. The number of anilines is 3. The summed E-state index contributed by atoms with van der Waals surface area (Å²) < 4.78 is 5.51. The van der Waals surface area contributed by atoms with E-state index >= 15 is 0 Å². The molecule has 0 aliphatic rings. The quantitative estimate of drug-likeness (QED) is 0.796. The highest BCUT2D eigenvalue weighted by atomic mass is 16.5. The second-order valence-electron chi connectivity index (χ2n) is 4.29. The summed E-state index contributed by atoms with van der Waals surface area (Å²) in [5, 5.41) is 3.39. The van der Waals surface area contributed by atoms with E-state index in [9.17, 15) is 0 Å². The molecule has 0 heterocycles. The molecule has 19 heavy (non-hydrogen) atoms. The number of aryl methyl sites for hydroxylation is 1. The minimum absolute atomic E-state index is 0.610. The molecule has 0 aromatic heterocycles. The van der Waals surface area contributed by atoms with E-state index in [-0.39, 0.29) is 0 Å². The van der Waals surface area contributed by atoms with Gasteiger partial charge in [0.25, 0.3) is 0 Å². The van der Waals surface area contributed by atoms with Gasteiger partial charge in [0, 0.05) is 5.69 Å². The van der Waals surface area contributed by atoms with Gasteiger partial charge >= 0.3 is 0 Å². The van der Waals surface area contributed by atoms with Gasteiger partial charge in [0.05, 0.1) is 18.0 Å². The molecule has 0 aliphatic carbocycles. The number of nitrogen functional groups attached to an aromatic ring is 1. The number of hydrogen-bond donors (Lipinski definition) is 2. The average Bonchev–Trinajstić information content (AvgIpc) is 2.44. The maximum Gasteiger partial charge on any atom is 0.144 e. The Hall–Kier alpha value is -2.16. The van der Waals surface area contributed by atoms with E-state index in [2.05, 4.69) is 24.4 Å². The van der Waals surface area contributed by atoms with E-state index in [1.807, 2.05) is 37.3 Å². The van der Waals surface area contributed by atoms with Crippen molar-refractivity contribution in [1.29, 1.82) is 0 Å². The maximum atomic E-state index is 6.12. The van der Waals surface area contributed by atoms with Crippen LogP contribution in [0.4, 0.5) is 17.1 Å². The van der Waals surface area contributed by atoms with Gasteiger partial charge in [-0.2, -0.15) is 0 Å². The first kappa shape index (κ1) is 13.3. The minimum Gasteiger partial charge on any atom is -0.492 e. The van der Waals surface area contributed by atoms with Crippen LogP contribution in [-0.2, 0) is 6.42 Å². The number of nitrogens with two attached hydrogens (primary N) is 1. The van der Waals surface area contributed by atoms with Crippen molar-refractivity contribution in [2.45, 2.75) is 20.3 Å². The largest absolute Gasteiger partial charge is 0.492 e. The Bertz CT molecular complexity index is 552. The molecule has 0 saturated carbocycles. The molecule has 0 unspecified atom stereocenters. The lowest BCUT2D eigenvalue weighted by molar-refractivity contribution is 0.342. The fourth-order valence-electron chi connectivity index (χ4n) is 2.03. The smallest absolute Gasteiger partial charge is 0.144 e. The first-order chi connectivity index (χ1) is 9.26. The van der Waals surface area contributed by atoms with Crippen molar-refractivity contribution >= 4 is 17.1 Å². The van der Waals surface area contributed by atoms with Crippen molar-refractivity contribution in [3.63, 3.8) is 0 Å². The lowest BCUT2D eigenvalue weighted by atomic mass is 10.1. The molecule has 100 valence electrons. The SMILES string of the molecule is CCOc1cccc(Nc2ccccc2CC)c1N. The molecule has 0 bridgehead atoms. The lowest BCUT2D eigenvalue weighted by Crippen LogP contribution is -2.02. The van der Waals surface area contributed by atoms with Crippen molar-refractivity contribution < 1.29 is 4.74 Å². The van der Waals surface area contributed by atoms with Crippen molar-refractivity contribution in [2.24, 2.45) is 0 Å². The first-order valence-corrected chi connectivity index (χ1v) is 6.62. The summed E-state index contributed by atoms with van der Waals surface area (Å²) in [5.41, 5.74) is 10.0. The fourth-order valence-corrected chi connectivity index (χ4v) is 2.03. The number of hydrogen-bond acceptors (Lipinski definition) is 3. The summed E-state index contributed by atoms with van der Waals surface area (Å²) in [4.78, 5) is 0. The monoisotopic (exact) mass is 256 g/mol. The second-order valence-corrected chi connectivity index (χ2v) is 4.29. The van der Waals surface area contributed by atoms with Gasteiger partial charge in [0.1, 0.15) is 5.75 Å². The van der Waals surface area contributed by atoms with E-state index in [0.717, 1.165) is 23.5 Å². The molecule has 3 N–H and O–H groups in total. The van der Waals surface area contributed by atoms with E-state index in [1.54, 1.807) is 0 Å². The predicted molar refractivity (Wildman–Crippen MR) is 81.1 cm³/mol. The van der Waals surface area contributed by atoms with E-state index in [1.165, 1.54) is 5.56 Å². The van der Waals surface area contributed by atoms with Crippen LogP contribution in [0.2, 0.25) is 0 Å². The first-order valence-electron chi connectivity index (χ1n) is 6.62. The molecule has 2 aromatic rings. The van der Waals surface area contributed by atoms with Crippen molar-refractivity contribution in [3.05, 3.63) is 48.0 Å². The third kappa shape index (κ3) is 2.99. The summed E-state index contributed by atoms with van der Waals surface area (Å²) in [7, 11) is 0. The Morgan fingerprint density at radius 3 is 2.47 bits per heavy atom. The van der Waals surface area contributed by atoms with Crippen LogP contribution in [-0.4, -0.2) is 6.61 Å². The molecule has 2 aromatic carbocycles. The Morgan fingerprint density at radius 2 is 1.74 bits per heavy atom. The van der Waals surface area contributed by atoms with E-state index in [0.29, 0.717) is 12.3 Å². The van der Waals surface area contributed by atoms with Crippen LogP contribution >= 0.6 is 0 Å². The Morgan fingerprint density at radius 1 is 1.00 bits per heavy atom. The van der Waals surface area contributed by atoms with Crippen LogP contribution in [0.5, 0.6) is 5.75 Å². The van der Waals surface area contributed by atoms with Crippen LogP contribution in [0, 0.1) is 0 Å². The molecule has 0 atom stereocenters. The molecular weight excluding hydrogens is 236 g/mol. The molecule has 3 nitrogen and oxygen atoms in total. The highest BCUT2D eigenvalue weighted by molar-refractivity contribution is 5.78. The summed E-state index contributed by atoms with van der Waals surface area (Å²) in [6.07, 6.45) is 0.980. The zero-order valence-electron chi connectivity index (χ0n) is 11.4. The molecule has 0 fully saturated rings. The molecular formula is C16H20N2O. The molecule has 0 radical (unpaired) electrons. The number of nitrogens with one attached hydrogen (secondary N) is 1. The van der Waals surface area contributed by atoms with Crippen LogP contribution in [0.3, 0.4) is 0 Å². The molecule has 0 amide bonds. The van der Waals surface area contributed by atoms with Gasteiger partial charge in [-0.3, -0.25) is 0 Å². The van der Waals surface area contributed by atoms with Crippen LogP contribution in [0.25, 0.3) is 0 Å². The Balaban J connectivity index is 2.30.